The summed E-state index contributed by atoms with van der Waals surface area (Å²) in [4.78, 5) is 0. The summed E-state index contributed by atoms with van der Waals surface area (Å²) in [5.74, 6) is 0.980. The molecule has 1 heterocycles. The lowest BCUT2D eigenvalue weighted by molar-refractivity contribution is 0.226. The molecule has 2 heteroatoms. The highest BCUT2D eigenvalue weighted by atomic mass is 16.5. The molecule has 1 atom stereocenters. The van der Waals surface area contributed by atoms with E-state index >= 15 is 0 Å². The number of benzene rings is 1. The molecule has 0 aromatic heterocycles. The van der Waals surface area contributed by atoms with Crippen LogP contribution >= 0.6 is 0 Å². The van der Waals surface area contributed by atoms with Crippen LogP contribution < -0.4 is 10.1 Å². The summed E-state index contributed by atoms with van der Waals surface area (Å²) in [7, 11) is 0. The van der Waals surface area contributed by atoms with Crippen LogP contribution in [0.1, 0.15) is 12.5 Å². The molecule has 1 aliphatic rings. The van der Waals surface area contributed by atoms with E-state index < -0.39 is 0 Å². The van der Waals surface area contributed by atoms with Crippen molar-refractivity contribution in [1.29, 1.82) is 0 Å². The Bertz CT molecular complexity index is 296. The van der Waals surface area contributed by atoms with Crippen molar-refractivity contribution in [1.82, 2.24) is 0 Å². The minimum absolute atomic E-state index is 0.277. The maximum atomic E-state index is 5.65. The van der Waals surface area contributed by atoms with Crippen LogP contribution in [0, 0.1) is 6.92 Å². The lowest BCUT2D eigenvalue weighted by atomic mass is 10.2. The van der Waals surface area contributed by atoms with Crippen LogP contribution in [0.4, 0.5) is 5.69 Å². The van der Waals surface area contributed by atoms with Crippen molar-refractivity contribution in [3.63, 3.8) is 0 Å². The van der Waals surface area contributed by atoms with Gasteiger partial charge in [-0.05, 0) is 31.5 Å². The minimum Gasteiger partial charge on any atom is -0.487 e. The standard InChI is InChI=1S/C10H13NO/c1-7-3-4-9-10(5-7)12-8(2)6-11-9/h3-5,8,11H,6H2,1-2H3/t8-/m0/s1. The highest BCUT2D eigenvalue weighted by molar-refractivity contribution is 5.59. The predicted molar refractivity (Wildman–Crippen MR) is 49.8 cm³/mol. The van der Waals surface area contributed by atoms with Crippen molar-refractivity contribution in [3.8, 4) is 5.75 Å². The van der Waals surface area contributed by atoms with Crippen LogP contribution in [0.5, 0.6) is 5.75 Å². The number of hydrogen-bond acceptors (Lipinski definition) is 2. The monoisotopic (exact) mass is 163 g/mol. The van der Waals surface area contributed by atoms with Crippen LogP contribution in [-0.4, -0.2) is 12.6 Å². The molecule has 0 saturated carbocycles. The molecular formula is C10H13NO. The topological polar surface area (TPSA) is 21.3 Å². The van der Waals surface area contributed by atoms with E-state index in [1.54, 1.807) is 0 Å². The van der Waals surface area contributed by atoms with Gasteiger partial charge in [0.25, 0.3) is 0 Å². The zero-order chi connectivity index (χ0) is 8.55. The number of ether oxygens (including phenoxy) is 1. The highest BCUT2D eigenvalue weighted by Crippen LogP contribution is 2.29. The van der Waals surface area contributed by atoms with E-state index in [0.29, 0.717) is 0 Å². The molecule has 12 heavy (non-hydrogen) atoms. The van der Waals surface area contributed by atoms with Crippen molar-refractivity contribution in [2.75, 3.05) is 11.9 Å². The van der Waals surface area contributed by atoms with Gasteiger partial charge in [-0.1, -0.05) is 6.07 Å². The van der Waals surface area contributed by atoms with Gasteiger partial charge in [0.1, 0.15) is 11.9 Å². The second kappa shape index (κ2) is 2.70. The second-order valence-corrected chi connectivity index (χ2v) is 3.31. The maximum absolute atomic E-state index is 5.65. The second-order valence-electron chi connectivity index (χ2n) is 3.31. The normalized spacial score (nSPS) is 20.7. The molecule has 0 unspecified atom stereocenters. The maximum Gasteiger partial charge on any atom is 0.143 e. The molecule has 64 valence electrons. The summed E-state index contributed by atoms with van der Waals surface area (Å²) in [6.45, 7) is 5.04. The predicted octanol–water partition coefficient (Wildman–Crippen LogP) is 2.19. The van der Waals surface area contributed by atoms with Gasteiger partial charge in [-0.3, -0.25) is 0 Å². The van der Waals surface area contributed by atoms with E-state index in [0.717, 1.165) is 18.0 Å². The Kier molecular flexibility index (Phi) is 1.68. The molecule has 1 N–H and O–H groups in total. The van der Waals surface area contributed by atoms with Gasteiger partial charge < -0.3 is 10.1 Å². The number of hydrogen-bond donors (Lipinski definition) is 1. The molecule has 0 radical (unpaired) electrons. The molecule has 0 bridgehead atoms. The zero-order valence-corrected chi connectivity index (χ0v) is 7.42. The summed E-state index contributed by atoms with van der Waals surface area (Å²) in [6, 6.07) is 6.22. The first-order chi connectivity index (χ1) is 5.75. The van der Waals surface area contributed by atoms with Crippen molar-refractivity contribution >= 4 is 5.69 Å². The lowest BCUT2D eigenvalue weighted by Crippen LogP contribution is -2.27. The molecule has 1 aromatic carbocycles. The molecular weight excluding hydrogens is 150 g/mol. The van der Waals surface area contributed by atoms with E-state index in [2.05, 4.69) is 37.4 Å². The summed E-state index contributed by atoms with van der Waals surface area (Å²) in [6.07, 6.45) is 0.277. The van der Waals surface area contributed by atoms with Gasteiger partial charge in [0.05, 0.1) is 12.2 Å². The molecule has 0 spiro atoms. The molecule has 0 aliphatic carbocycles. The largest absolute Gasteiger partial charge is 0.487 e. The quantitative estimate of drug-likeness (QED) is 0.633. The van der Waals surface area contributed by atoms with E-state index in [-0.39, 0.29) is 6.10 Å². The van der Waals surface area contributed by atoms with E-state index in [1.807, 2.05) is 0 Å². The van der Waals surface area contributed by atoms with Gasteiger partial charge in [0, 0.05) is 0 Å². The molecule has 2 nitrogen and oxygen atoms in total. The summed E-state index contributed by atoms with van der Waals surface area (Å²) >= 11 is 0. The van der Waals surface area contributed by atoms with Crippen LogP contribution in [0.15, 0.2) is 18.2 Å². The third kappa shape index (κ3) is 1.24. The number of aryl methyl sites for hydroxylation is 1. The number of rotatable bonds is 0. The van der Waals surface area contributed by atoms with Crippen LogP contribution in [-0.2, 0) is 0 Å². The summed E-state index contributed by atoms with van der Waals surface area (Å²) < 4.78 is 5.65. The lowest BCUT2D eigenvalue weighted by Gasteiger charge is -2.24. The first kappa shape index (κ1) is 7.47. The molecule has 1 aromatic rings. The van der Waals surface area contributed by atoms with Crippen molar-refractivity contribution < 1.29 is 4.74 Å². The van der Waals surface area contributed by atoms with Gasteiger partial charge in [0.15, 0.2) is 0 Å². The van der Waals surface area contributed by atoms with Gasteiger partial charge >= 0.3 is 0 Å². The Labute approximate surface area is 72.5 Å². The van der Waals surface area contributed by atoms with Gasteiger partial charge in [0.2, 0.25) is 0 Å². The third-order valence-electron chi connectivity index (χ3n) is 2.05. The van der Waals surface area contributed by atoms with Crippen molar-refractivity contribution in [2.45, 2.75) is 20.0 Å². The van der Waals surface area contributed by atoms with E-state index in [4.69, 9.17) is 4.74 Å². The minimum atomic E-state index is 0.277. The fourth-order valence-electron chi connectivity index (χ4n) is 1.39. The Morgan fingerprint density at radius 3 is 3.17 bits per heavy atom. The van der Waals surface area contributed by atoms with Crippen LogP contribution in [0.2, 0.25) is 0 Å². The average molecular weight is 163 g/mol. The van der Waals surface area contributed by atoms with Gasteiger partial charge in [-0.15, -0.1) is 0 Å². The SMILES string of the molecule is Cc1ccc2c(c1)O[C@@H](C)CN2. The smallest absolute Gasteiger partial charge is 0.143 e. The van der Waals surface area contributed by atoms with Crippen molar-refractivity contribution in [3.05, 3.63) is 23.8 Å². The highest BCUT2D eigenvalue weighted by Gasteiger charge is 2.14. The first-order valence-corrected chi connectivity index (χ1v) is 4.27. The Morgan fingerprint density at radius 2 is 2.33 bits per heavy atom. The van der Waals surface area contributed by atoms with Crippen LogP contribution in [0.25, 0.3) is 0 Å². The zero-order valence-electron chi connectivity index (χ0n) is 7.42. The summed E-state index contributed by atoms with van der Waals surface area (Å²) in [5, 5.41) is 3.31. The van der Waals surface area contributed by atoms with E-state index in [9.17, 15) is 0 Å². The van der Waals surface area contributed by atoms with E-state index in [1.165, 1.54) is 5.56 Å². The average Bonchev–Trinajstić information content (AvgIpc) is 2.03. The Morgan fingerprint density at radius 1 is 1.50 bits per heavy atom. The third-order valence-corrected chi connectivity index (χ3v) is 2.05. The molecule has 1 aliphatic heterocycles. The number of fused-ring (bicyclic) bond motifs is 1. The van der Waals surface area contributed by atoms with Crippen LogP contribution in [0.3, 0.4) is 0 Å². The summed E-state index contributed by atoms with van der Waals surface area (Å²) in [5.41, 5.74) is 2.35. The fraction of sp³-hybridized carbons (Fsp3) is 0.400. The van der Waals surface area contributed by atoms with Gasteiger partial charge in [-0.2, -0.15) is 0 Å². The number of nitrogens with one attached hydrogen (secondary N) is 1. The molecule has 0 amide bonds. The Balaban J connectivity index is 2.37. The van der Waals surface area contributed by atoms with Crippen molar-refractivity contribution in [2.24, 2.45) is 0 Å². The first-order valence-electron chi connectivity index (χ1n) is 4.27. The molecule has 2 rings (SSSR count). The van der Waals surface area contributed by atoms with Gasteiger partial charge in [-0.25, -0.2) is 0 Å². The number of anilines is 1. The Hall–Kier alpha value is -1.18. The molecule has 0 fully saturated rings. The fourth-order valence-corrected chi connectivity index (χ4v) is 1.39. The molecule has 0 saturated heterocycles.